The Morgan fingerprint density at radius 3 is 2.45 bits per heavy atom. The molecule has 1 atom stereocenters. The number of nitrogens with one attached hydrogen (secondary N) is 1. The van der Waals surface area contributed by atoms with E-state index in [0.717, 1.165) is 31.7 Å². The zero-order valence-electron chi connectivity index (χ0n) is 10.8. The Morgan fingerprint density at radius 2 is 1.90 bits per heavy atom. The molecule has 1 N–H and O–H groups in total. The molecule has 0 spiro atoms. The normalized spacial score (nSPS) is 17.9. The average molecular weight is 374 g/mol. The van der Waals surface area contributed by atoms with Crippen molar-refractivity contribution in [3.8, 4) is 0 Å². The lowest BCUT2D eigenvalue weighted by atomic mass is 10.0. The molecule has 1 aliphatic heterocycles. The average Bonchev–Trinajstić information content (AvgIpc) is 2.37. The second kappa shape index (κ2) is 8.22. The van der Waals surface area contributed by atoms with Gasteiger partial charge in [0.15, 0.2) is 0 Å². The molecule has 1 aromatic rings. The van der Waals surface area contributed by atoms with Crippen LogP contribution in [0, 0.1) is 5.82 Å². The van der Waals surface area contributed by atoms with E-state index in [4.69, 9.17) is 0 Å². The molecule has 0 aromatic heterocycles. The van der Waals surface area contributed by atoms with Gasteiger partial charge >= 0.3 is 0 Å². The van der Waals surface area contributed by atoms with E-state index in [0.29, 0.717) is 4.47 Å². The highest BCUT2D eigenvalue weighted by Gasteiger charge is 2.26. The first-order valence-corrected chi connectivity index (χ1v) is 7.05. The van der Waals surface area contributed by atoms with Crippen molar-refractivity contribution in [3.63, 3.8) is 0 Å². The second-order valence-electron chi connectivity index (χ2n) is 4.59. The number of rotatable bonds is 4. The van der Waals surface area contributed by atoms with Crippen LogP contribution >= 0.6 is 28.3 Å². The minimum absolute atomic E-state index is 0. The maximum absolute atomic E-state index is 13.1. The van der Waals surface area contributed by atoms with Gasteiger partial charge in [-0.3, -0.25) is 4.90 Å². The lowest BCUT2D eigenvalue weighted by molar-refractivity contribution is 0.0736. The lowest BCUT2D eigenvalue weighted by Crippen LogP contribution is -2.45. The third-order valence-electron chi connectivity index (χ3n) is 3.32. The Balaban J connectivity index is 0.00000200. The van der Waals surface area contributed by atoms with Crippen LogP contribution in [0.4, 0.5) is 13.2 Å². The van der Waals surface area contributed by atoms with Crippen LogP contribution in [0.25, 0.3) is 0 Å². The molecule has 1 saturated heterocycles. The van der Waals surface area contributed by atoms with Gasteiger partial charge in [0.05, 0.1) is 0 Å². The highest BCUT2D eigenvalue weighted by Crippen LogP contribution is 2.33. The Labute approximate surface area is 131 Å². The SMILES string of the molecule is Cl.Fc1ccc([C@H](CC(F)F)N2CCNCC2)c(Br)c1. The Hall–Kier alpha value is -0.300. The summed E-state index contributed by atoms with van der Waals surface area (Å²) in [4.78, 5) is 2.03. The molecule has 7 heteroatoms. The van der Waals surface area contributed by atoms with Crippen LogP contribution in [0.2, 0.25) is 0 Å². The second-order valence-corrected chi connectivity index (χ2v) is 5.45. The first-order valence-electron chi connectivity index (χ1n) is 6.26. The quantitative estimate of drug-likeness (QED) is 0.867. The highest BCUT2D eigenvalue weighted by atomic mass is 79.9. The van der Waals surface area contributed by atoms with Crippen molar-refractivity contribution < 1.29 is 13.2 Å². The van der Waals surface area contributed by atoms with E-state index in [-0.39, 0.29) is 30.7 Å². The van der Waals surface area contributed by atoms with Gasteiger partial charge < -0.3 is 5.32 Å². The predicted octanol–water partition coefficient (Wildman–Crippen LogP) is 3.61. The van der Waals surface area contributed by atoms with Gasteiger partial charge in [0.25, 0.3) is 0 Å². The van der Waals surface area contributed by atoms with E-state index in [1.807, 2.05) is 4.90 Å². The number of benzene rings is 1. The van der Waals surface area contributed by atoms with E-state index >= 15 is 0 Å². The maximum Gasteiger partial charge on any atom is 0.240 e. The molecule has 0 unspecified atom stereocenters. The molecule has 0 bridgehead atoms. The Morgan fingerprint density at radius 1 is 1.25 bits per heavy atom. The first kappa shape index (κ1) is 17.8. The van der Waals surface area contributed by atoms with Gasteiger partial charge in [-0.05, 0) is 17.7 Å². The lowest BCUT2D eigenvalue weighted by Gasteiger charge is -2.35. The summed E-state index contributed by atoms with van der Waals surface area (Å²) in [5.41, 5.74) is 0.726. The van der Waals surface area contributed by atoms with Gasteiger partial charge in [0.1, 0.15) is 5.82 Å². The largest absolute Gasteiger partial charge is 0.314 e. The molecule has 1 fully saturated rings. The van der Waals surface area contributed by atoms with E-state index in [2.05, 4.69) is 21.2 Å². The number of hydrogen-bond donors (Lipinski definition) is 1. The molecule has 1 aromatic carbocycles. The number of piperazine rings is 1. The van der Waals surface area contributed by atoms with Gasteiger partial charge in [-0.25, -0.2) is 13.2 Å². The van der Waals surface area contributed by atoms with E-state index in [1.165, 1.54) is 12.1 Å². The van der Waals surface area contributed by atoms with Crippen molar-refractivity contribution in [2.75, 3.05) is 26.2 Å². The van der Waals surface area contributed by atoms with Crippen LogP contribution < -0.4 is 5.32 Å². The standard InChI is InChI=1S/C13H16BrF3N2.ClH/c14-11-7-9(15)1-2-10(11)12(8-13(16)17)19-5-3-18-4-6-19;/h1-2,7,12-13,18H,3-6,8H2;1H/t12-;/m0./s1. The number of hydrogen-bond acceptors (Lipinski definition) is 2. The summed E-state index contributed by atoms with van der Waals surface area (Å²) >= 11 is 3.28. The van der Waals surface area contributed by atoms with E-state index < -0.39 is 6.43 Å². The smallest absolute Gasteiger partial charge is 0.240 e. The van der Waals surface area contributed by atoms with Crippen LogP contribution in [-0.4, -0.2) is 37.5 Å². The zero-order valence-corrected chi connectivity index (χ0v) is 13.2. The predicted molar refractivity (Wildman–Crippen MR) is 79.2 cm³/mol. The number of alkyl halides is 2. The molecule has 2 nitrogen and oxygen atoms in total. The molecule has 0 aliphatic carbocycles. The summed E-state index contributed by atoms with van der Waals surface area (Å²) in [5.74, 6) is -0.369. The van der Waals surface area contributed by atoms with Crippen molar-refractivity contribution >= 4 is 28.3 Å². The molecule has 114 valence electrons. The van der Waals surface area contributed by atoms with Crippen LogP contribution in [0.5, 0.6) is 0 Å². The summed E-state index contributed by atoms with van der Waals surface area (Å²) in [7, 11) is 0. The van der Waals surface area contributed by atoms with E-state index in [9.17, 15) is 13.2 Å². The third kappa shape index (κ3) is 4.62. The fourth-order valence-corrected chi connectivity index (χ4v) is 3.02. The van der Waals surface area contributed by atoms with Crippen LogP contribution in [0.15, 0.2) is 22.7 Å². The van der Waals surface area contributed by atoms with Crippen molar-refractivity contribution in [2.24, 2.45) is 0 Å². The third-order valence-corrected chi connectivity index (χ3v) is 4.00. The van der Waals surface area contributed by atoms with Gasteiger partial charge in [-0.1, -0.05) is 22.0 Å². The number of nitrogens with zero attached hydrogens (tertiary/aromatic N) is 1. The maximum atomic E-state index is 13.1. The molecule has 1 aliphatic rings. The molecule has 20 heavy (non-hydrogen) atoms. The summed E-state index contributed by atoms with van der Waals surface area (Å²) in [5, 5.41) is 3.20. The zero-order chi connectivity index (χ0) is 13.8. The van der Waals surface area contributed by atoms with Gasteiger partial charge in [0.2, 0.25) is 6.43 Å². The Bertz CT molecular complexity index is 428. The van der Waals surface area contributed by atoms with E-state index in [1.54, 1.807) is 6.07 Å². The summed E-state index contributed by atoms with van der Waals surface area (Å²) in [6.45, 7) is 3.03. The summed E-state index contributed by atoms with van der Waals surface area (Å²) in [6, 6.07) is 3.86. The van der Waals surface area contributed by atoms with Crippen molar-refractivity contribution in [1.82, 2.24) is 10.2 Å². The highest BCUT2D eigenvalue weighted by molar-refractivity contribution is 9.10. The van der Waals surface area contributed by atoms with Crippen molar-refractivity contribution in [1.29, 1.82) is 0 Å². The summed E-state index contributed by atoms with van der Waals surface area (Å²) < 4.78 is 39.3. The van der Waals surface area contributed by atoms with Gasteiger partial charge in [0, 0.05) is 43.1 Å². The molecule has 0 radical (unpaired) electrons. The minimum Gasteiger partial charge on any atom is -0.314 e. The van der Waals surface area contributed by atoms with Crippen LogP contribution in [0.1, 0.15) is 18.0 Å². The molecule has 0 saturated carbocycles. The van der Waals surface area contributed by atoms with Gasteiger partial charge in [-0.2, -0.15) is 0 Å². The van der Waals surface area contributed by atoms with Crippen LogP contribution in [-0.2, 0) is 0 Å². The minimum atomic E-state index is -2.38. The van der Waals surface area contributed by atoms with Crippen molar-refractivity contribution in [2.45, 2.75) is 18.9 Å². The fraction of sp³-hybridized carbons (Fsp3) is 0.538. The number of halogens is 5. The first-order chi connectivity index (χ1) is 9.08. The molecule has 0 amide bonds. The van der Waals surface area contributed by atoms with Crippen molar-refractivity contribution in [3.05, 3.63) is 34.1 Å². The molecule has 1 heterocycles. The topological polar surface area (TPSA) is 15.3 Å². The Kier molecular flexibility index (Phi) is 7.29. The molecule has 2 rings (SSSR count). The molecular weight excluding hydrogens is 357 g/mol. The monoisotopic (exact) mass is 372 g/mol. The van der Waals surface area contributed by atoms with Crippen LogP contribution in [0.3, 0.4) is 0 Å². The fourth-order valence-electron chi connectivity index (χ4n) is 2.41. The molecular formula is C13H17BrClF3N2. The van der Waals surface area contributed by atoms with Gasteiger partial charge in [-0.15, -0.1) is 12.4 Å². The summed E-state index contributed by atoms with van der Waals surface area (Å²) in [6.07, 6.45) is -2.61.